The zero-order valence-electron chi connectivity index (χ0n) is 10.5. The van der Waals surface area contributed by atoms with Crippen LogP contribution in [0.3, 0.4) is 0 Å². The minimum absolute atomic E-state index is 0.0295. The van der Waals surface area contributed by atoms with Crippen LogP contribution < -0.4 is 5.32 Å². The summed E-state index contributed by atoms with van der Waals surface area (Å²) in [5, 5.41) is 3.84. The molecule has 0 atom stereocenters. The van der Waals surface area contributed by atoms with Crippen LogP contribution >= 0.6 is 23.2 Å². The lowest BCUT2D eigenvalue weighted by Gasteiger charge is -2.06. The van der Waals surface area contributed by atoms with Gasteiger partial charge in [-0.25, -0.2) is 4.39 Å². The van der Waals surface area contributed by atoms with Crippen molar-refractivity contribution in [3.05, 3.63) is 63.9 Å². The maximum Gasteiger partial charge on any atom is 0.164 e. The van der Waals surface area contributed by atoms with Crippen LogP contribution in [0.15, 0.2) is 42.5 Å². The Morgan fingerprint density at radius 2 is 1.75 bits per heavy atom. The Bertz CT molecular complexity index is 614. The highest BCUT2D eigenvalue weighted by atomic mass is 35.5. The summed E-state index contributed by atoms with van der Waals surface area (Å²) >= 11 is 11.7. The van der Waals surface area contributed by atoms with Crippen molar-refractivity contribution in [2.24, 2.45) is 0 Å². The van der Waals surface area contributed by atoms with Crippen molar-refractivity contribution in [3.8, 4) is 0 Å². The average molecular weight is 312 g/mol. The van der Waals surface area contributed by atoms with Gasteiger partial charge in [0.25, 0.3) is 0 Å². The highest BCUT2D eigenvalue weighted by molar-refractivity contribution is 6.42. The maximum absolute atomic E-state index is 12.7. The van der Waals surface area contributed by atoms with Crippen LogP contribution in [0.5, 0.6) is 0 Å². The molecule has 0 unspecified atom stereocenters. The van der Waals surface area contributed by atoms with Crippen LogP contribution in [-0.2, 0) is 0 Å². The van der Waals surface area contributed by atoms with Gasteiger partial charge in [-0.3, -0.25) is 4.79 Å². The van der Waals surface area contributed by atoms with Gasteiger partial charge in [0.05, 0.1) is 10.0 Å². The number of rotatable bonds is 5. The van der Waals surface area contributed by atoms with E-state index in [1.54, 1.807) is 30.3 Å². The molecule has 0 aliphatic rings. The van der Waals surface area contributed by atoms with E-state index in [0.29, 0.717) is 28.6 Å². The molecule has 0 saturated carbocycles. The lowest BCUT2D eigenvalue weighted by Crippen LogP contribution is -2.08. The van der Waals surface area contributed by atoms with E-state index in [-0.39, 0.29) is 11.6 Å². The number of carbonyl (C=O) groups is 1. The zero-order chi connectivity index (χ0) is 14.5. The Morgan fingerprint density at radius 1 is 1.05 bits per heavy atom. The van der Waals surface area contributed by atoms with Gasteiger partial charge in [0.15, 0.2) is 5.78 Å². The second-order valence-corrected chi connectivity index (χ2v) is 5.05. The number of halogens is 3. The van der Waals surface area contributed by atoms with Gasteiger partial charge in [0.2, 0.25) is 0 Å². The van der Waals surface area contributed by atoms with E-state index in [2.05, 4.69) is 5.32 Å². The molecule has 0 saturated heterocycles. The zero-order valence-corrected chi connectivity index (χ0v) is 12.0. The number of hydrogen-bond donors (Lipinski definition) is 1. The number of ketones is 1. The molecule has 0 aliphatic carbocycles. The predicted octanol–water partition coefficient (Wildman–Crippen LogP) is 4.82. The van der Waals surface area contributed by atoms with Crippen LogP contribution in [-0.4, -0.2) is 12.3 Å². The molecule has 0 aliphatic heterocycles. The number of anilines is 1. The fraction of sp³-hybridized carbons (Fsp3) is 0.133. The van der Waals surface area contributed by atoms with Gasteiger partial charge >= 0.3 is 0 Å². The monoisotopic (exact) mass is 311 g/mol. The molecule has 2 aromatic carbocycles. The molecule has 0 amide bonds. The van der Waals surface area contributed by atoms with Gasteiger partial charge in [-0.1, -0.05) is 23.2 Å². The summed E-state index contributed by atoms with van der Waals surface area (Å²) in [4.78, 5) is 12.0. The molecule has 0 bridgehead atoms. The van der Waals surface area contributed by atoms with Gasteiger partial charge in [-0.15, -0.1) is 0 Å². The highest BCUT2D eigenvalue weighted by Gasteiger charge is 2.08. The van der Waals surface area contributed by atoms with Gasteiger partial charge in [-0.05, 0) is 42.5 Å². The molecular weight excluding hydrogens is 300 g/mol. The molecular formula is C15H12Cl2FNO. The summed E-state index contributed by atoms with van der Waals surface area (Å²) in [7, 11) is 0. The van der Waals surface area contributed by atoms with E-state index in [1.165, 1.54) is 12.1 Å². The quantitative estimate of drug-likeness (QED) is 0.802. The number of Topliss-reactive ketones (excluding diaryl/α,β-unsaturated/α-hetero) is 1. The molecule has 2 nitrogen and oxygen atoms in total. The minimum Gasteiger partial charge on any atom is -0.385 e. The number of hydrogen-bond acceptors (Lipinski definition) is 2. The molecule has 104 valence electrons. The summed E-state index contributed by atoms with van der Waals surface area (Å²) in [6, 6.07) is 10.8. The largest absolute Gasteiger partial charge is 0.385 e. The topological polar surface area (TPSA) is 29.1 Å². The van der Waals surface area contributed by atoms with E-state index in [0.717, 1.165) is 5.69 Å². The van der Waals surface area contributed by atoms with Crippen molar-refractivity contribution in [2.45, 2.75) is 6.42 Å². The highest BCUT2D eigenvalue weighted by Crippen LogP contribution is 2.23. The Labute approximate surface area is 126 Å². The lowest BCUT2D eigenvalue weighted by molar-refractivity contribution is 0.0986. The molecule has 0 fully saturated rings. The summed E-state index contributed by atoms with van der Waals surface area (Å²) < 4.78 is 12.7. The number of carbonyl (C=O) groups excluding carboxylic acids is 1. The summed E-state index contributed by atoms with van der Waals surface area (Å²) in [5.74, 6) is -0.319. The first-order valence-electron chi connectivity index (χ1n) is 6.04. The minimum atomic E-state index is -0.289. The van der Waals surface area contributed by atoms with Crippen molar-refractivity contribution in [3.63, 3.8) is 0 Å². The molecule has 2 aromatic rings. The van der Waals surface area contributed by atoms with Gasteiger partial charge in [0, 0.05) is 24.2 Å². The standard InChI is InChI=1S/C15H12Cl2FNO/c16-13-6-1-10(9-14(13)17)15(20)7-8-19-12-4-2-11(18)3-5-12/h1-6,9,19H,7-8H2. The smallest absolute Gasteiger partial charge is 0.164 e. The number of nitrogens with one attached hydrogen (secondary N) is 1. The third kappa shape index (κ3) is 3.95. The Morgan fingerprint density at radius 3 is 2.40 bits per heavy atom. The Kier molecular flexibility index (Phi) is 4.99. The molecule has 2 rings (SSSR count). The van der Waals surface area contributed by atoms with Gasteiger partial charge in [-0.2, -0.15) is 0 Å². The molecule has 1 N–H and O–H groups in total. The van der Waals surface area contributed by atoms with Crippen LogP contribution in [0, 0.1) is 5.82 Å². The third-order valence-corrected chi connectivity index (χ3v) is 3.51. The maximum atomic E-state index is 12.7. The van der Waals surface area contributed by atoms with Gasteiger partial charge < -0.3 is 5.32 Å². The van der Waals surface area contributed by atoms with Crippen LogP contribution in [0.1, 0.15) is 16.8 Å². The average Bonchev–Trinajstić information content (AvgIpc) is 2.44. The van der Waals surface area contributed by atoms with Crippen molar-refractivity contribution in [2.75, 3.05) is 11.9 Å². The van der Waals surface area contributed by atoms with E-state index in [9.17, 15) is 9.18 Å². The predicted molar refractivity (Wildman–Crippen MR) is 80.3 cm³/mol. The molecule has 5 heteroatoms. The fourth-order valence-electron chi connectivity index (χ4n) is 1.70. The third-order valence-electron chi connectivity index (χ3n) is 2.77. The normalized spacial score (nSPS) is 10.3. The van der Waals surface area contributed by atoms with E-state index in [4.69, 9.17) is 23.2 Å². The SMILES string of the molecule is O=C(CCNc1ccc(F)cc1)c1ccc(Cl)c(Cl)c1. The first-order valence-corrected chi connectivity index (χ1v) is 6.79. The molecule has 0 radical (unpaired) electrons. The van der Waals surface area contributed by atoms with Crippen molar-refractivity contribution in [1.29, 1.82) is 0 Å². The Hall–Kier alpha value is -1.58. The number of benzene rings is 2. The Balaban J connectivity index is 1.88. The molecule has 0 aromatic heterocycles. The second-order valence-electron chi connectivity index (χ2n) is 4.24. The van der Waals surface area contributed by atoms with Crippen molar-refractivity contribution >= 4 is 34.7 Å². The van der Waals surface area contributed by atoms with Crippen molar-refractivity contribution in [1.82, 2.24) is 0 Å². The van der Waals surface area contributed by atoms with E-state index < -0.39 is 0 Å². The van der Waals surface area contributed by atoms with E-state index in [1.807, 2.05) is 0 Å². The van der Waals surface area contributed by atoms with Crippen LogP contribution in [0.4, 0.5) is 10.1 Å². The molecule has 20 heavy (non-hydrogen) atoms. The summed E-state index contributed by atoms with van der Waals surface area (Å²) in [5.41, 5.74) is 1.30. The molecule has 0 spiro atoms. The summed E-state index contributed by atoms with van der Waals surface area (Å²) in [6.45, 7) is 0.463. The van der Waals surface area contributed by atoms with Crippen LogP contribution in [0.25, 0.3) is 0 Å². The van der Waals surface area contributed by atoms with Crippen LogP contribution in [0.2, 0.25) is 10.0 Å². The second kappa shape index (κ2) is 6.73. The lowest BCUT2D eigenvalue weighted by atomic mass is 10.1. The molecule has 0 heterocycles. The van der Waals surface area contributed by atoms with Gasteiger partial charge in [0.1, 0.15) is 5.82 Å². The first-order chi connectivity index (χ1) is 9.56. The summed E-state index contributed by atoms with van der Waals surface area (Å²) in [6.07, 6.45) is 0.315. The first kappa shape index (κ1) is 14.8. The fourth-order valence-corrected chi connectivity index (χ4v) is 2.00. The van der Waals surface area contributed by atoms with Crippen molar-refractivity contribution < 1.29 is 9.18 Å². The van der Waals surface area contributed by atoms with E-state index >= 15 is 0 Å².